The minimum Gasteiger partial charge on any atom is -0.399 e. The first kappa shape index (κ1) is 7.60. The normalized spacial score (nSPS) is 10.2. The molecule has 0 aliphatic carbocycles. The maximum absolute atomic E-state index is 10.7. The molecule has 2 rings (SSSR count). The Morgan fingerprint density at radius 3 is 2.92 bits per heavy atom. The first-order chi connectivity index (χ1) is 6.25. The van der Waals surface area contributed by atoms with Crippen LogP contribution in [-0.4, -0.2) is 5.27 Å². The fourth-order valence-electron chi connectivity index (χ4n) is 1.05. The van der Waals surface area contributed by atoms with Gasteiger partial charge in [0.15, 0.2) is 0 Å². The molecule has 0 unspecified atom stereocenters. The maximum atomic E-state index is 10.7. The summed E-state index contributed by atoms with van der Waals surface area (Å²) in [4.78, 5) is 10.7. The van der Waals surface area contributed by atoms with Crippen molar-refractivity contribution in [2.45, 2.75) is 0 Å². The van der Waals surface area contributed by atoms with Crippen LogP contribution >= 0.6 is 0 Å². The van der Waals surface area contributed by atoms with E-state index in [1.807, 2.05) is 6.07 Å². The van der Waals surface area contributed by atoms with Gasteiger partial charge in [-0.25, -0.2) is 4.79 Å². The number of rotatable bonds is 1. The Kier molecular flexibility index (Phi) is 1.63. The van der Waals surface area contributed by atoms with E-state index in [0.29, 0.717) is 5.69 Å². The number of anilines is 1. The summed E-state index contributed by atoms with van der Waals surface area (Å²) in [6.45, 7) is 0. The van der Waals surface area contributed by atoms with E-state index >= 15 is 0 Å². The van der Waals surface area contributed by atoms with Crippen molar-refractivity contribution in [1.29, 1.82) is 0 Å². The van der Waals surface area contributed by atoms with Gasteiger partial charge in [0.1, 0.15) is 0 Å². The van der Waals surface area contributed by atoms with E-state index in [4.69, 9.17) is 5.73 Å². The molecule has 0 saturated heterocycles. The third-order valence-corrected chi connectivity index (χ3v) is 1.63. The topological polar surface area (TPSA) is 75.9 Å². The van der Waals surface area contributed by atoms with Crippen molar-refractivity contribution in [2.75, 3.05) is 5.73 Å². The minimum absolute atomic E-state index is 0.428. The summed E-state index contributed by atoms with van der Waals surface area (Å²) in [6, 6.07) is 7.10. The summed E-state index contributed by atoms with van der Waals surface area (Å²) in [7, 11) is 0. The van der Waals surface area contributed by atoms with E-state index in [9.17, 15) is 4.79 Å². The number of benzene rings is 1. The molecule has 0 fully saturated rings. The number of nitrogens with one attached hydrogen (secondary N) is 1. The predicted molar refractivity (Wildman–Crippen MR) is 45.3 cm³/mol. The average Bonchev–Trinajstić information content (AvgIpc) is 2.52. The summed E-state index contributed by atoms with van der Waals surface area (Å²) in [5, 5.41) is 2.42. The standard InChI is InChI=1S/C8H7N3O2/c9-6-2-1-3-7(4-6)11-5-8(12)13-10-11/h1-5H,9H2/p+1. The third kappa shape index (κ3) is 1.44. The summed E-state index contributed by atoms with van der Waals surface area (Å²) in [5.41, 5.74) is 6.53. The smallest absolute Gasteiger partial charge is 0.399 e. The summed E-state index contributed by atoms with van der Waals surface area (Å²) < 4.78 is 5.96. The Bertz CT molecular complexity index is 472. The molecule has 0 radical (unpaired) electrons. The Labute approximate surface area is 73.4 Å². The van der Waals surface area contributed by atoms with Crippen molar-refractivity contribution >= 4 is 5.69 Å². The van der Waals surface area contributed by atoms with Gasteiger partial charge in [-0.1, -0.05) is 6.07 Å². The largest absolute Gasteiger partial charge is 0.427 e. The molecule has 0 bridgehead atoms. The maximum Gasteiger partial charge on any atom is 0.427 e. The van der Waals surface area contributed by atoms with E-state index in [2.05, 4.69) is 9.79 Å². The number of aromatic nitrogens is 2. The van der Waals surface area contributed by atoms with Crippen LogP contribution in [0.25, 0.3) is 5.69 Å². The first-order valence-corrected chi connectivity index (χ1v) is 3.72. The molecule has 5 heteroatoms. The van der Waals surface area contributed by atoms with Crippen LogP contribution in [0.15, 0.2) is 39.8 Å². The Hall–Kier alpha value is -2.04. The SMILES string of the molecule is Nc1cccc(-[n+]2cc(=O)o[nH]2)c1. The van der Waals surface area contributed by atoms with Gasteiger partial charge in [-0.2, -0.15) is 0 Å². The Morgan fingerprint density at radius 2 is 2.31 bits per heavy atom. The van der Waals surface area contributed by atoms with Crippen LogP contribution in [0.1, 0.15) is 0 Å². The van der Waals surface area contributed by atoms with Gasteiger partial charge >= 0.3 is 5.63 Å². The van der Waals surface area contributed by atoms with Crippen LogP contribution in [0, 0.1) is 0 Å². The van der Waals surface area contributed by atoms with Gasteiger partial charge in [0.05, 0.1) is 0 Å². The van der Waals surface area contributed by atoms with Crippen molar-refractivity contribution < 1.29 is 9.20 Å². The van der Waals surface area contributed by atoms with Crippen molar-refractivity contribution in [3.8, 4) is 5.69 Å². The molecule has 0 aliphatic rings. The number of nitrogens with two attached hydrogens (primary N) is 1. The third-order valence-electron chi connectivity index (χ3n) is 1.63. The highest BCUT2D eigenvalue weighted by Gasteiger charge is 2.09. The lowest BCUT2D eigenvalue weighted by Crippen LogP contribution is -2.32. The summed E-state index contributed by atoms with van der Waals surface area (Å²) >= 11 is 0. The molecule has 1 aromatic carbocycles. The van der Waals surface area contributed by atoms with Gasteiger partial charge in [-0.05, 0) is 16.0 Å². The highest BCUT2D eigenvalue weighted by molar-refractivity contribution is 5.43. The van der Waals surface area contributed by atoms with E-state index in [1.165, 1.54) is 10.9 Å². The number of hydrogen-bond donors (Lipinski definition) is 2. The molecular weight excluding hydrogens is 170 g/mol. The van der Waals surface area contributed by atoms with Crippen molar-refractivity contribution in [1.82, 2.24) is 5.27 Å². The summed E-state index contributed by atoms with van der Waals surface area (Å²) in [5.74, 6) is 0. The molecule has 0 saturated carbocycles. The van der Waals surface area contributed by atoms with Crippen molar-refractivity contribution in [3.63, 3.8) is 0 Å². The van der Waals surface area contributed by atoms with Crippen LogP contribution in [-0.2, 0) is 0 Å². The lowest BCUT2D eigenvalue weighted by molar-refractivity contribution is -0.670. The van der Waals surface area contributed by atoms with Crippen LogP contribution in [0.4, 0.5) is 5.69 Å². The van der Waals surface area contributed by atoms with Gasteiger partial charge in [-0.15, -0.1) is 0 Å². The van der Waals surface area contributed by atoms with E-state index < -0.39 is 5.63 Å². The zero-order valence-corrected chi connectivity index (χ0v) is 6.73. The molecule has 3 N–H and O–H groups in total. The fourth-order valence-corrected chi connectivity index (χ4v) is 1.05. The minimum atomic E-state index is -0.428. The lowest BCUT2D eigenvalue weighted by Gasteiger charge is -1.90. The van der Waals surface area contributed by atoms with Crippen LogP contribution in [0.3, 0.4) is 0 Å². The quantitative estimate of drug-likeness (QED) is 0.470. The van der Waals surface area contributed by atoms with E-state index in [0.717, 1.165) is 5.69 Å². The van der Waals surface area contributed by atoms with Gasteiger partial charge in [0.2, 0.25) is 5.69 Å². The first-order valence-electron chi connectivity index (χ1n) is 3.72. The molecule has 1 heterocycles. The molecule has 0 amide bonds. The number of nitrogens with zero attached hydrogens (tertiary/aromatic N) is 1. The van der Waals surface area contributed by atoms with E-state index in [1.54, 1.807) is 18.2 Å². The van der Waals surface area contributed by atoms with Gasteiger partial charge in [0, 0.05) is 17.8 Å². The number of H-pyrrole nitrogens is 1. The lowest BCUT2D eigenvalue weighted by atomic mass is 10.3. The molecule has 2 aromatic rings. The molecule has 1 aromatic heterocycles. The van der Waals surface area contributed by atoms with Crippen LogP contribution in [0.5, 0.6) is 0 Å². The molecule has 0 atom stereocenters. The predicted octanol–water partition coefficient (Wildman–Crippen LogP) is -0.173. The molecule has 66 valence electrons. The Balaban J connectivity index is 2.52. The number of aromatic amines is 1. The van der Waals surface area contributed by atoms with Gasteiger partial charge < -0.3 is 5.73 Å². The molecular formula is C8H8N3O2+. The summed E-state index contributed by atoms with van der Waals surface area (Å²) in [6.07, 6.45) is 1.30. The highest BCUT2D eigenvalue weighted by Crippen LogP contribution is 2.04. The Morgan fingerprint density at radius 1 is 1.46 bits per heavy atom. The van der Waals surface area contributed by atoms with Crippen LogP contribution in [0.2, 0.25) is 0 Å². The highest BCUT2D eigenvalue weighted by atomic mass is 16.5. The van der Waals surface area contributed by atoms with Crippen molar-refractivity contribution in [3.05, 3.63) is 40.9 Å². The second-order valence-corrected chi connectivity index (χ2v) is 2.61. The number of nitrogen functional groups attached to an aromatic ring is 1. The molecule has 13 heavy (non-hydrogen) atoms. The molecule has 0 aliphatic heterocycles. The molecule has 5 nitrogen and oxygen atoms in total. The second kappa shape index (κ2) is 2.78. The average molecular weight is 178 g/mol. The molecule has 0 spiro atoms. The fraction of sp³-hybridized carbons (Fsp3) is 0. The van der Waals surface area contributed by atoms with Crippen LogP contribution < -0.4 is 16.0 Å². The van der Waals surface area contributed by atoms with Gasteiger partial charge in [-0.3, -0.25) is 4.52 Å². The second-order valence-electron chi connectivity index (χ2n) is 2.61. The monoisotopic (exact) mass is 178 g/mol. The zero-order valence-electron chi connectivity index (χ0n) is 6.73. The number of hydrogen-bond acceptors (Lipinski definition) is 3. The zero-order chi connectivity index (χ0) is 9.26. The van der Waals surface area contributed by atoms with Crippen molar-refractivity contribution in [2.24, 2.45) is 0 Å². The van der Waals surface area contributed by atoms with E-state index in [-0.39, 0.29) is 0 Å². The van der Waals surface area contributed by atoms with Gasteiger partial charge in [0.25, 0.3) is 6.20 Å².